The third-order valence-electron chi connectivity index (χ3n) is 3.43. The molecule has 1 saturated heterocycles. The molecule has 0 aliphatic carbocycles. The lowest BCUT2D eigenvalue weighted by molar-refractivity contribution is 0.363. The van der Waals surface area contributed by atoms with E-state index in [0.29, 0.717) is 6.04 Å². The van der Waals surface area contributed by atoms with Gasteiger partial charge in [0.2, 0.25) is 0 Å². The Morgan fingerprint density at radius 2 is 2.35 bits per heavy atom. The Bertz CT molecular complexity index is 372. The van der Waals surface area contributed by atoms with Crippen LogP contribution in [0.2, 0.25) is 0 Å². The molecule has 1 N–H and O–H groups in total. The molecule has 1 aliphatic rings. The average Bonchev–Trinajstić information content (AvgIpc) is 2.82. The maximum absolute atomic E-state index is 13.6. The van der Waals surface area contributed by atoms with Crippen molar-refractivity contribution in [3.8, 4) is 5.75 Å². The van der Waals surface area contributed by atoms with E-state index in [1.807, 2.05) is 18.2 Å². The Labute approximate surface area is 102 Å². The minimum atomic E-state index is -0.943. The van der Waals surface area contributed by atoms with Gasteiger partial charge >= 0.3 is 0 Å². The molecule has 17 heavy (non-hydrogen) atoms. The lowest BCUT2D eigenvalue weighted by Crippen LogP contribution is -2.24. The Kier molecular flexibility index (Phi) is 4.00. The maximum atomic E-state index is 13.6. The zero-order chi connectivity index (χ0) is 12.3. The van der Waals surface area contributed by atoms with Crippen LogP contribution in [-0.2, 0) is 6.42 Å². The largest absolute Gasteiger partial charge is 0.496 e. The van der Waals surface area contributed by atoms with Crippen LogP contribution in [-0.4, -0.2) is 19.7 Å². The van der Waals surface area contributed by atoms with E-state index >= 15 is 0 Å². The van der Waals surface area contributed by atoms with Crippen molar-refractivity contribution >= 4 is 0 Å². The summed E-state index contributed by atoms with van der Waals surface area (Å²) in [6.07, 6.45) is 2.29. The monoisotopic (exact) mass is 237 g/mol. The molecule has 0 spiro atoms. The molecule has 0 bridgehead atoms. The van der Waals surface area contributed by atoms with Gasteiger partial charge in [-0.1, -0.05) is 12.1 Å². The van der Waals surface area contributed by atoms with Crippen LogP contribution in [0.5, 0.6) is 5.75 Å². The molecule has 0 aromatic heterocycles. The second kappa shape index (κ2) is 5.50. The first kappa shape index (κ1) is 12.4. The zero-order valence-corrected chi connectivity index (χ0v) is 10.5. The fourth-order valence-electron chi connectivity index (χ4n) is 2.54. The standard InChI is InChI=1S/C14H20FNO/c1-10(15)12-6-3-7-14(17-2)13(12)9-11-5-4-8-16-11/h3,6-7,10-11,16H,4-5,8-9H2,1-2H3. The smallest absolute Gasteiger partial charge is 0.123 e. The number of rotatable bonds is 4. The van der Waals surface area contributed by atoms with Gasteiger partial charge in [-0.05, 0) is 44.4 Å². The summed E-state index contributed by atoms with van der Waals surface area (Å²) in [7, 11) is 1.65. The van der Waals surface area contributed by atoms with Crippen molar-refractivity contribution in [2.24, 2.45) is 0 Å². The fourth-order valence-corrected chi connectivity index (χ4v) is 2.54. The third-order valence-corrected chi connectivity index (χ3v) is 3.43. The van der Waals surface area contributed by atoms with Gasteiger partial charge in [-0.15, -0.1) is 0 Å². The first-order chi connectivity index (χ1) is 8.22. The normalized spacial score (nSPS) is 21.5. The summed E-state index contributed by atoms with van der Waals surface area (Å²) in [5.74, 6) is 0.806. The Balaban J connectivity index is 2.27. The Hall–Kier alpha value is -1.09. The van der Waals surface area contributed by atoms with Gasteiger partial charge in [0.25, 0.3) is 0 Å². The van der Waals surface area contributed by atoms with Gasteiger partial charge in [-0.3, -0.25) is 0 Å². The second-order valence-corrected chi connectivity index (χ2v) is 4.64. The molecule has 0 amide bonds. The van der Waals surface area contributed by atoms with Crippen molar-refractivity contribution in [2.45, 2.75) is 38.4 Å². The molecule has 1 fully saturated rings. The number of halogens is 1. The molecule has 2 rings (SSSR count). The summed E-state index contributed by atoms with van der Waals surface area (Å²) in [5, 5.41) is 3.44. The predicted octanol–water partition coefficient (Wildman–Crippen LogP) is 3.02. The molecule has 94 valence electrons. The molecular weight excluding hydrogens is 217 g/mol. The topological polar surface area (TPSA) is 21.3 Å². The molecule has 2 atom stereocenters. The van der Waals surface area contributed by atoms with E-state index in [0.717, 1.165) is 36.3 Å². The van der Waals surface area contributed by atoms with E-state index in [4.69, 9.17) is 4.74 Å². The number of methoxy groups -OCH3 is 1. The lowest BCUT2D eigenvalue weighted by Gasteiger charge is -2.18. The predicted molar refractivity (Wildman–Crippen MR) is 67.2 cm³/mol. The zero-order valence-electron chi connectivity index (χ0n) is 10.5. The quantitative estimate of drug-likeness (QED) is 0.869. The number of ether oxygens (including phenoxy) is 1. The number of nitrogens with one attached hydrogen (secondary N) is 1. The molecule has 1 heterocycles. The molecule has 1 aliphatic heterocycles. The van der Waals surface area contributed by atoms with Gasteiger partial charge in [-0.2, -0.15) is 0 Å². The molecule has 2 unspecified atom stereocenters. The van der Waals surface area contributed by atoms with Crippen LogP contribution >= 0.6 is 0 Å². The van der Waals surface area contributed by atoms with Crippen LogP contribution in [0, 0.1) is 0 Å². The number of hydrogen-bond acceptors (Lipinski definition) is 2. The van der Waals surface area contributed by atoms with Gasteiger partial charge in [-0.25, -0.2) is 4.39 Å². The van der Waals surface area contributed by atoms with Gasteiger partial charge in [0, 0.05) is 11.6 Å². The van der Waals surface area contributed by atoms with Gasteiger partial charge < -0.3 is 10.1 Å². The van der Waals surface area contributed by atoms with Crippen molar-refractivity contribution in [2.75, 3.05) is 13.7 Å². The molecule has 1 aromatic rings. The van der Waals surface area contributed by atoms with Crippen LogP contribution in [0.3, 0.4) is 0 Å². The first-order valence-electron chi connectivity index (χ1n) is 6.25. The highest BCUT2D eigenvalue weighted by Gasteiger charge is 2.20. The van der Waals surface area contributed by atoms with E-state index in [1.54, 1.807) is 14.0 Å². The minimum absolute atomic E-state index is 0.462. The molecule has 3 heteroatoms. The SMILES string of the molecule is COc1cccc(C(C)F)c1CC1CCCN1. The number of hydrogen-bond donors (Lipinski definition) is 1. The van der Waals surface area contributed by atoms with Crippen molar-refractivity contribution in [1.82, 2.24) is 5.32 Å². The van der Waals surface area contributed by atoms with Crippen LogP contribution < -0.4 is 10.1 Å². The Morgan fingerprint density at radius 3 is 2.94 bits per heavy atom. The van der Waals surface area contributed by atoms with E-state index < -0.39 is 6.17 Å². The molecule has 0 saturated carbocycles. The van der Waals surface area contributed by atoms with Gasteiger partial charge in [0.15, 0.2) is 0 Å². The van der Waals surface area contributed by atoms with E-state index in [2.05, 4.69) is 5.32 Å². The van der Waals surface area contributed by atoms with Gasteiger partial charge in [0.05, 0.1) is 7.11 Å². The summed E-state index contributed by atoms with van der Waals surface area (Å²) < 4.78 is 19.0. The first-order valence-corrected chi connectivity index (χ1v) is 6.25. The van der Waals surface area contributed by atoms with Crippen molar-refractivity contribution in [3.63, 3.8) is 0 Å². The summed E-state index contributed by atoms with van der Waals surface area (Å²) in [6, 6.07) is 6.09. The average molecular weight is 237 g/mol. The van der Waals surface area contributed by atoms with Gasteiger partial charge in [0.1, 0.15) is 11.9 Å². The summed E-state index contributed by atoms with van der Waals surface area (Å²) in [4.78, 5) is 0. The van der Waals surface area contributed by atoms with E-state index in [1.165, 1.54) is 6.42 Å². The van der Waals surface area contributed by atoms with Crippen molar-refractivity contribution < 1.29 is 9.13 Å². The number of benzene rings is 1. The summed E-state index contributed by atoms with van der Waals surface area (Å²) >= 11 is 0. The highest BCUT2D eigenvalue weighted by Crippen LogP contribution is 2.30. The third kappa shape index (κ3) is 2.78. The molecular formula is C14H20FNO. The highest BCUT2D eigenvalue weighted by molar-refractivity contribution is 5.42. The highest BCUT2D eigenvalue weighted by atomic mass is 19.1. The van der Waals surface area contributed by atoms with Crippen molar-refractivity contribution in [1.29, 1.82) is 0 Å². The van der Waals surface area contributed by atoms with Crippen LogP contribution in [0.25, 0.3) is 0 Å². The molecule has 0 radical (unpaired) electrons. The minimum Gasteiger partial charge on any atom is -0.496 e. The fraction of sp³-hybridized carbons (Fsp3) is 0.571. The van der Waals surface area contributed by atoms with Crippen LogP contribution in [0.1, 0.15) is 37.1 Å². The van der Waals surface area contributed by atoms with Crippen LogP contribution in [0.15, 0.2) is 18.2 Å². The molecule has 2 nitrogen and oxygen atoms in total. The second-order valence-electron chi connectivity index (χ2n) is 4.64. The number of alkyl halides is 1. The van der Waals surface area contributed by atoms with Crippen molar-refractivity contribution in [3.05, 3.63) is 29.3 Å². The lowest BCUT2D eigenvalue weighted by atomic mass is 9.96. The molecule has 1 aromatic carbocycles. The van der Waals surface area contributed by atoms with Crippen LogP contribution in [0.4, 0.5) is 4.39 Å². The van der Waals surface area contributed by atoms with E-state index in [9.17, 15) is 4.39 Å². The Morgan fingerprint density at radius 1 is 1.53 bits per heavy atom. The van der Waals surface area contributed by atoms with E-state index in [-0.39, 0.29) is 0 Å². The maximum Gasteiger partial charge on any atom is 0.123 e. The summed E-state index contributed by atoms with van der Waals surface area (Å²) in [5.41, 5.74) is 1.78. The summed E-state index contributed by atoms with van der Waals surface area (Å²) in [6.45, 7) is 2.65.